The molecule has 0 saturated carbocycles. The van der Waals surface area contributed by atoms with Gasteiger partial charge < -0.3 is 19.9 Å². The number of ketones is 1. The van der Waals surface area contributed by atoms with E-state index in [1.165, 1.54) is 0 Å². The molecule has 1 heterocycles. The average Bonchev–Trinajstić information content (AvgIpc) is 2.85. The Morgan fingerprint density at radius 1 is 0.909 bits per heavy atom. The largest absolute Gasteiger partial charge is 0.487 e. The van der Waals surface area contributed by atoms with Crippen molar-refractivity contribution in [3.05, 3.63) is 89.5 Å². The molecule has 0 aliphatic carbocycles. The fourth-order valence-corrected chi connectivity index (χ4v) is 3.86. The molecule has 1 aliphatic rings. The number of aryl methyl sites for hydroxylation is 1. The lowest BCUT2D eigenvalue weighted by Gasteiger charge is -2.36. The number of rotatable bonds is 6. The molecule has 1 fully saturated rings. The molecule has 1 aliphatic heterocycles. The maximum Gasteiger partial charge on any atom is 0.322 e. The summed E-state index contributed by atoms with van der Waals surface area (Å²) in [6.45, 7) is 6.71. The third-order valence-electron chi connectivity index (χ3n) is 5.82. The minimum absolute atomic E-state index is 0.0614. The van der Waals surface area contributed by atoms with Gasteiger partial charge in [0.05, 0.1) is 5.69 Å². The molecular formula is C27H29N3O3. The molecule has 0 spiro atoms. The summed E-state index contributed by atoms with van der Waals surface area (Å²) in [5, 5.41) is 3.02. The van der Waals surface area contributed by atoms with Gasteiger partial charge in [-0.05, 0) is 61.4 Å². The molecule has 3 aromatic carbocycles. The number of carbonyl (C=O) groups is 2. The third kappa shape index (κ3) is 5.71. The minimum Gasteiger partial charge on any atom is -0.487 e. The van der Waals surface area contributed by atoms with Crippen LogP contribution in [-0.4, -0.2) is 42.9 Å². The number of carbonyl (C=O) groups excluding carboxylic acids is 2. The van der Waals surface area contributed by atoms with E-state index in [1.807, 2.05) is 84.6 Å². The molecule has 6 nitrogen and oxygen atoms in total. The Bertz CT molecular complexity index is 1110. The molecule has 3 aromatic rings. The number of anilines is 2. The monoisotopic (exact) mass is 443 g/mol. The Hall–Kier alpha value is -3.80. The third-order valence-corrected chi connectivity index (χ3v) is 5.82. The molecule has 0 atom stereocenters. The van der Waals surface area contributed by atoms with Crippen LogP contribution in [-0.2, 0) is 6.61 Å². The Kier molecular flexibility index (Phi) is 6.93. The quantitative estimate of drug-likeness (QED) is 0.537. The van der Waals surface area contributed by atoms with Gasteiger partial charge in [0.25, 0.3) is 0 Å². The molecule has 6 heteroatoms. The average molecular weight is 444 g/mol. The van der Waals surface area contributed by atoms with Crippen molar-refractivity contribution >= 4 is 23.2 Å². The minimum atomic E-state index is -0.130. The molecule has 0 radical (unpaired) electrons. The molecule has 4 rings (SSSR count). The Morgan fingerprint density at radius 3 is 2.27 bits per heavy atom. The number of Topliss-reactive ketones (excluding diaryl/α,β-unsaturated/α-hetero) is 1. The van der Waals surface area contributed by atoms with E-state index < -0.39 is 0 Å². The zero-order valence-electron chi connectivity index (χ0n) is 19.1. The number of hydrogen-bond acceptors (Lipinski definition) is 4. The van der Waals surface area contributed by atoms with Crippen LogP contribution in [0.2, 0.25) is 0 Å². The van der Waals surface area contributed by atoms with Crippen molar-refractivity contribution in [2.45, 2.75) is 20.5 Å². The van der Waals surface area contributed by atoms with E-state index in [1.54, 1.807) is 6.92 Å². The lowest BCUT2D eigenvalue weighted by atomic mass is 10.1. The van der Waals surface area contributed by atoms with Gasteiger partial charge in [-0.1, -0.05) is 36.4 Å². The van der Waals surface area contributed by atoms with E-state index in [-0.39, 0.29) is 11.8 Å². The predicted molar refractivity (Wildman–Crippen MR) is 131 cm³/mol. The van der Waals surface area contributed by atoms with Crippen LogP contribution in [0.5, 0.6) is 5.75 Å². The van der Waals surface area contributed by atoms with Gasteiger partial charge >= 0.3 is 6.03 Å². The second-order valence-electron chi connectivity index (χ2n) is 8.28. The van der Waals surface area contributed by atoms with E-state index in [9.17, 15) is 9.59 Å². The number of nitrogens with zero attached hydrogens (tertiary/aromatic N) is 2. The first-order valence-electron chi connectivity index (χ1n) is 11.2. The maximum atomic E-state index is 12.9. The van der Waals surface area contributed by atoms with Crippen LogP contribution in [0.15, 0.2) is 72.8 Å². The van der Waals surface area contributed by atoms with Crippen LogP contribution in [0.25, 0.3) is 0 Å². The summed E-state index contributed by atoms with van der Waals surface area (Å²) >= 11 is 0. The molecular weight excluding hydrogens is 414 g/mol. The summed E-state index contributed by atoms with van der Waals surface area (Å²) in [4.78, 5) is 28.5. The Labute approximate surface area is 194 Å². The summed E-state index contributed by atoms with van der Waals surface area (Å²) in [5.41, 5.74) is 4.59. The number of urea groups is 1. The number of piperazine rings is 1. The molecule has 0 aromatic heterocycles. The van der Waals surface area contributed by atoms with E-state index in [4.69, 9.17) is 4.74 Å². The zero-order chi connectivity index (χ0) is 23.2. The molecule has 170 valence electrons. The smallest absolute Gasteiger partial charge is 0.322 e. The lowest BCUT2D eigenvalue weighted by molar-refractivity contribution is 0.101. The number of benzene rings is 3. The van der Waals surface area contributed by atoms with Gasteiger partial charge in [-0.3, -0.25) is 4.79 Å². The fourth-order valence-electron chi connectivity index (χ4n) is 3.86. The number of amides is 2. The topological polar surface area (TPSA) is 61.9 Å². The molecule has 0 bridgehead atoms. The highest BCUT2D eigenvalue weighted by atomic mass is 16.5. The maximum absolute atomic E-state index is 12.9. The lowest BCUT2D eigenvalue weighted by Crippen LogP contribution is -2.50. The van der Waals surface area contributed by atoms with Crippen molar-refractivity contribution in [3.63, 3.8) is 0 Å². The Morgan fingerprint density at radius 2 is 1.61 bits per heavy atom. The second-order valence-corrected chi connectivity index (χ2v) is 8.28. The molecule has 0 unspecified atom stereocenters. The number of nitrogens with one attached hydrogen (secondary N) is 1. The SMILES string of the molecule is CC(=O)c1ccc(N2CCN(C(=O)Nc3ccc(C)cc3OCc3ccccc3)CC2)cc1. The van der Waals surface area contributed by atoms with E-state index in [0.29, 0.717) is 36.7 Å². The number of hydrogen-bond donors (Lipinski definition) is 1. The first kappa shape index (κ1) is 22.4. The van der Waals surface area contributed by atoms with Gasteiger partial charge in [0.15, 0.2) is 5.78 Å². The summed E-state index contributed by atoms with van der Waals surface area (Å²) < 4.78 is 6.03. The van der Waals surface area contributed by atoms with Crippen LogP contribution < -0.4 is 15.0 Å². The molecule has 2 amide bonds. The standard InChI is InChI=1S/C27H29N3O3/c1-20-8-13-25(26(18-20)33-19-22-6-4-3-5-7-22)28-27(32)30-16-14-29(15-17-30)24-11-9-23(10-12-24)21(2)31/h3-13,18H,14-17,19H2,1-2H3,(H,28,32). The summed E-state index contributed by atoms with van der Waals surface area (Å²) in [6, 6.07) is 23.3. The summed E-state index contributed by atoms with van der Waals surface area (Å²) in [5.74, 6) is 0.725. The van der Waals surface area contributed by atoms with Crippen molar-refractivity contribution in [3.8, 4) is 5.75 Å². The van der Waals surface area contributed by atoms with Crippen LogP contribution in [0.1, 0.15) is 28.4 Å². The molecule has 1 saturated heterocycles. The van der Waals surface area contributed by atoms with Crippen molar-refractivity contribution in [2.75, 3.05) is 36.4 Å². The van der Waals surface area contributed by atoms with Gasteiger partial charge in [0.1, 0.15) is 12.4 Å². The van der Waals surface area contributed by atoms with Crippen LogP contribution in [0.4, 0.5) is 16.2 Å². The summed E-state index contributed by atoms with van der Waals surface area (Å²) in [6.07, 6.45) is 0. The van der Waals surface area contributed by atoms with Crippen LogP contribution in [0, 0.1) is 6.92 Å². The highest BCUT2D eigenvalue weighted by Gasteiger charge is 2.22. The van der Waals surface area contributed by atoms with Gasteiger partial charge in [-0.15, -0.1) is 0 Å². The zero-order valence-corrected chi connectivity index (χ0v) is 19.1. The molecule has 33 heavy (non-hydrogen) atoms. The second kappa shape index (κ2) is 10.2. The van der Waals surface area contributed by atoms with Gasteiger partial charge in [0, 0.05) is 37.4 Å². The fraction of sp³-hybridized carbons (Fsp3) is 0.259. The van der Waals surface area contributed by atoms with E-state index >= 15 is 0 Å². The highest BCUT2D eigenvalue weighted by Crippen LogP contribution is 2.27. The van der Waals surface area contributed by atoms with E-state index in [0.717, 1.165) is 29.9 Å². The van der Waals surface area contributed by atoms with E-state index in [2.05, 4.69) is 10.2 Å². The normalized spacial score (nSPS) is 13.5. The van der Waals surface area contributed by atoms with Gasteiger partial charge in [-0.25, -0.2) is 4.79 Å². The first-order chi connectivity index (χ1) is 16.0. The highest BCUT2D eigenvalue weighted by molar-refractivity contribution is 5.94. The number of ether oxygens (including phenoxy) is 1. The van der Waals surface area contributed by atoms with Crippen LogP contribution in [0.3, 0.4) is 0 Å². The van der Waals surface area contributed by atoms with Crippen molar-refractivity contribution < 1.29 is 14.3 Å². The summed E-state index contributed by atoms with van der Waals surface area (Å²) in [7, 11) is 0. The first-order valence-corrected chi connectivity index (χ1v) is 11.2. The van der Waals surface area contributed by atoms with Gasteiger partial charge in [0.2, 0.25) is 0 Å². The Balaban J connectivity index is 1.35. The van der Waals surface area contributed by atoms with Crippen molar-refractivity contribution in [1.29, 1.82) is 0 Å². The molecule has 1 N–H and O–H groups in total. The predicted octanol–water partition coefficient (Wildman–Crippen LogP) is 5.13. The van der Waals surface area contributed by atoms with Gasteiger partial charge in [-0.2, -0.15) is 0 Å². The van der Waals surface area contributed by atoms with Crippen molar-refractivity contribution in [1.82, 2.24) is 4.90 Å². The van der Waals surface area contributed by atoms with Crippen LogP contribution >= 0.6 is 0 Å². The van der Waals surface area contributed by atoms with Crippen molar-refractivity contribution in [2.24, 2.45) is 0 Å².